The summed E-state index contributed by atoms with van der Waals surface area (Å²) in [6.45, 7) is 5.13. The molecule has 0 aliphatic carbocycles. The van der Waals surface area contributed by atoms with Crippen LogP contribution < -0.4 is 5.73 Å². The number of rotatable bonds is 4. The summed E-state index contributed by atoms with van der Waals surface area (Å²) < 4.78 is 2.09. The van der Waals surface area contributed by atoms with Gasteiger partial charge in [0.1, 0.15) is 0 Å². The minimum Gasteiger partial charge on any atom is -0.326 e. The van der Waals surface area contributed by atoms with Crippen LogP contribution in [0, 0.1) is 6.92 Å². The third-order valence-electron chi connectivity index (χ3n) is 3.42. The lowest BCUT2D eigenvalue weighted by atomic mass is 10.0. The van der Waals surface area contributed by atoms with Crippen molar-refractivity contribution in [2.75, 3.05) is 5.75 Å². The van der Waals surface area contributed by atoms with Crippen LogP contribution in [0.3, 0.4) is 0 Å². The summed E-state index contributed by atoms with van der Waals surface area (Å²) in [6.07, 6.45) is 4.95. The van der Waals surface area contributed by atoms with E-state index in [-0.39, 0.29) is 6.04 Å². The third kappa shape index (κ3) is 3.26. The summed E-state index contributed by atoms with van der Waals surface area (Å²) >= 11 is 2.06. The van der Waals surface area contributed by atoms with Gasteiger partial charge in [0.05, 0.1) is 5.69 Å². The van der Waals surface area contributed by atoms with E-state index in [0.29, 0.717) is 5.25 Å². The van der Waals surface area contributed by atoms with E-state index in [9.17, 15) is 0 Å². The minimum atomic E-state index is 0.279. The molecule has 1 aliphatic heterocycles. The van der Waals surface area contributed by atoms with Gasteiger partial charge in [-0.1, -0.05) is 6.42 Å². The van der Waals surface area contributed by atoms with Gasteiger partial charge in [-0.25, -0.2) is 0 Å². The van der Waals surface area contributed by atoms with Crippen LogP contribution in [-0.2, 0) is 13.0 Å². The summed E-state index contributed by atoms with van der Waals surface area (Å²) in [5, 5.41) is 5.12. The Labute approximate surface area is 108 Å². The zero-order valence-electron chi connectivity index (χ0n) is 10.9. The predicted octanol–water partition coefficient (Wildman–Crippen LogP) is 2.37. The van der Waals surface area contributed by atoms with Crippen molar-refractivity contribution >= 4 is 11.8 Å². The molecule has 0 aromatic carbocycles. The zero-order chi connectivity index (χ0) is 12.3. The molecule has 2 N–H and O–H groups in total. The highest BCUT2D eigenvalue weighted by atomic mass is 32.2. The predicted molar refractivity (Wildman–Crippen MR) is 74.4 cm³/mol. The van der Waals surface area contributed by atoms with E-state index in [1.807, 2.05) is 0 Å². The maximum atomic E-state index is 6.35. The molecule has 1 fully saturated rings. The minimum absolute atomic E-state index is 0.279. The average Bonchev–Trinajstić information content (AvgIpc) is 2.70. The second kappa shape index (κ2) is 5.91. The second-order valence-electron chi connectivity index (χ2n) is 4.87. The smallest absolute Gasteiger partial charge is 0.0596 e. The molecular formula is C13H23N3S. The highest BCUT2D eigenvalue weighted by Crippen LogP contribution is 2.28. The Morgan fingerprint density at radius 3 is 3.06 bits per heavy atom. The quantitative estimate of drug-likeness (QED) is 0.896. The Balaban J connectivity index is 1.98. The van der Waals surface area contributed by atoms with Crippen molar-refractivity contribution in [3.63, 3.8) is 0 Å². The Morgan fingerprint density at radius 1 is 1.59 bits per heavy atom. The molecule has 0 radical (unpaired) electrons. The Bertz CT molecular complexity index is 356. The topological polar surface area (TPSA) is 43.8 Å². The van der Waals surface area contributed by atoms with E-state index in [1.165, 1.54) is 30.7 Å². The molecule has 0 amide bonds. The average molecular weight is 253 g/mol. The first-order valence-electron chi connectivity index (χ1n) is 6.61. The lowest BCUT2D eigenvalue weighted by Gasteiger charge is -2.27. The first kappa shape index (κ1) is 13.0. The normalized spacial score (nSPS) is 22.6. The van der Waals surface area contributed by atoms with E-state index >= 15 is 0 Å². The molecular weight excluding hydrogens is 230 g/mol. The maximum Gasteiger partial charge on any atom is 0.0596 e. The van der Waals surface area contributed by atoms with Gasteiger partial charge in [-0.15, -0.1) is 0 Å². The fraction of sp³-hybridized carbons (Fsp3) is 0.769. The van der Waals surface area contributed by atoms with Gasteiger partial charge in [0.15, 0.2) is 0 Å². The van der Waals surface area contributed by atoms with Crippen LogP contribution in [0.5, 0.6) is 0 Å². The standard InChI is InChI=1S/C13H23N3S/c1-3-16-11(8-10(2)15-16)9-12(14)13-6-4-5-7-17-13/h8,12-13H,3-7,9,14H2,1-2H3. The van der Waals surface area contributed by atoms with Crippen molar-refractivity contribution in [2.24, 2.45) is 5.73 Å². The van der Waals surface area contributed by atoms with Crippen LogP contribution in [0.15, 0.2) is 6.07 Å². The van der Waals surface area contributed by atoms with Crippen LogP contribution in [-0.4, -0.2) is 26.8 Å². The van der Waals surface area contributed by atoms with Crippen LogP contribution in [0.25, 0.3) is 0 Å². The number of aromatic nitrogens is 2. The van der Waals surface area contributed by atoms with Crippen molar-refractivity contribution in [3.05, 3.63) is 17.5 Å². The molecule has 1 aromatic rings. The third-order valence-corrected chi connectivity index (χ3v) is 4.96. The van der Waals surface area contributed by atoms with E-state index in [0.717, 1.165) is 18.7 Å². The summed E-state index contributed by atoms with van der Waals surface area (Å²) in [7, 11) is 0. The van der Waals surface area contributed by atoms with Crippen LogP contribution in [0.1, 0.15) is 37.6 Å². The summed E-state index contributed by atoms with van der Waals surface area (Å²) in [4.78, 5) is 0. The van der Waals surface area contributed by atoms with Gasteiger partial charge < -0.3 is 5.73 Å². The van der Waals surface area contributed by atoms with Gasteiger partial charge in [-0.2, -0.15) is 16.9 Å². The molecule has 96 valence electrons. The molecule has 2 heterocycles. The van der Waals surface area contributed by atoms with Gasteiger partial charge in [0.2, 0.25) is 0 Å². The van der Waals surface area contributed by atoms with Crippen molar-refractivity contribution in [1.29, 1.82) is 0 Å². The van der Waals surface area contributed by atoms with E-state index < -0.39 is 0 Å². The molecule has 0 spiro atoms. The fourth-order valence-electron chi connectivity index (χ4n) is 2.51. The van der Waals surface area contributed by atoms with E-state index in [1.54, 1.807) is 0 Å². The first-order valence-corrected chi connectivity index (χ1v) is 7.66. The number of aryl methyl sites for hydroxylation is 2. The second-order valence-corrected chi connectivity index (χ2v) is 6.21. The molecule has 2 atom stereocenters. The lowest BCUT2D eigenvalue weighted by Crippen LogP contribution is -2.36. The summed E-state index contributed by atoms with van der Waals surface area (Å²) in [6, 6.07) is 2.46. The molecule has 0 bridgehead atoms. The number of nitrogens with zero attached hydrogens (tertiary/aromatic N) is 2. The Hall–Kier alpha value is -0.480. The van der Waals surface area contributed by atoms with Crippen molar-refractivity contribution in [3.8, 4) is 0 Å². The van der Waals surface area contributed by atoms with Crippen LogP contribution in [0.4, 0.5) is 0 Å². The number of hydrogen-bond donors (Lipinski definition) is 1. The maximum absolute atomic E-state index is 6.35. The molecule has 4 heteroatoms. The summed E-state index contributed by atoms with van der Waals surface area (Å²) in [5.74, 6) is 1.28. The van der Waals surface area contributed by atoms with Crippen molar-refractivity contribution in [1.82, 2.24) is 9.78 Å². The van der Waals surface area contributed by atoms with Crippen LogP contribution in [0.2, 0.25) is 0 Å². The highest BCUT2D eigenvalue weighted by Gasteiger charge is 2.22. The Kier molecular flexibility index (Phi) is 4.51. The van der Waals surface area contributed by atoms with Crippen molar-refractivity contribution < 1.29 is 0 Å². The monoisotopic (exact) mass is 253 g/mol. The van der Waals surface area contributed by atoms with E-state index in [2.05, 4.69) is 41.5 Å². The number of thioether (sulfide) groups is 1. The first-order chi connectivity index (χ1) is 8.20. The largest absolute Gasteiger partial charge is 0.326 e. The van der Waals surface area contributed by atoms with E-state index in [4.69, 9.17) is 5.73 Å². The van der Waals surface area contributed by atoms with Gasteiger partial charge in [-0.05, 0) is 38.5 Å². The van der Waals surface area contributed by atoms with Gasteiger partial charge in [-0.3, -0.25) is 4.68 Å². The molecule has 1 aliphatic rings. The lowest BCUT2D eigenvalue weighted by molar-refractivity contribution is 0.530. The SMILES string of the molecule is CCn1nc(C)cc1CC(N)C1CCCCS1. The highest BCUT2D eigenvalue weighted by molar-refractivity contribution is 8.00. The molecule has 1 saturated heterocycles. The zero-order valence-corrected chi connectivity index (χ0v) is 11.7. The van der Waals surface area contributed by atoms with Gasteiger partial charge in [0, 0.05) is 30.0 Å². The van der Waals surface area contributed by atoms with Gasteiger partial charge in [0.25, 0.3) is 0 Å². The molecule has 3 nitrogen and oxygen atoms in total. The fourth-order valence-corrected chi connectivity index (χ4v) is 3.86. The molecule has 17 heavy (non-hydrogen) atoms. The van der Waals surface area contributed by atoms with Crippen LogP contribution >= 0.6 is 11.8 Å². The summed E-state index contributed by atoms with van der Waals surface area (Å²) in [5.41, 5.74) is 8.75. The van der Waals surface area contributed by atoms with Crippen molar-refractivity contribution in [2.45, 2.75) is 57.4 Å². The molecule has 2 rings (SSSR count). The number of hydrogen-bond acceptors (Lipinski definition) is 3. The molecule has 1 aromatic heterocycles. The number of nitrogens with two attached hydrogens (primary N) is 1. The Morgan fingerprint density at radius 2 is 2.41 bits per heavy atom. The molecule has 0 saturated carbocycles. The van der Waals surface area contributed by atoms with Gasteiger partial charge >= 0.3 is 0 Å². The molecule has 2 unspecified atom stereocenters.